The fourth-order valence-corrected chi connectivity index (χ4v) is 12.0. The number of ether oxygens (including phenoxy) is 7. The monoisotopic (exact) mass is 867 g/mol. The predicted octanol–water partition coefficient (Wildman–Crippen LogP) is 5.71. The Balaban J connectivity index is 1.25. The van der Waals surface area contributed by atoms with Crippen LogP contribution in [0.15, 0.2) is 96.1 Å². The molecule has 14 nitrogen and oxygen atoms in total. The van der Waals surface area contributed by atoms with Gasteiger partial charge in [0, 0.05) is 54.6 Å². The number of carbonyl (C=O) groups excluding carboxylic acids is 4. The second-order valence-corrected chi connectivity index (χ2v) is 18.5. The van der Waals surface area contributed by atoms with Crippen LogP contribution in [0.5, 0.6) is 5.75 Å². The zero-order chi connectivity index (χ0) is 45.2. The highest BCUT2D eigenvalue weighted by Crippen LogP contribution is 2.71. The molecule has 8 rings (SSSR count). The molecule has 2 heterocycles. The number of fused-ring (bicyclic) bond motifs is 3. The van der Waals surface area contributed by atoms with E-state index in [-0.39, 0.29) is 13.0 Å². The number of benzene rings is 3. The highest BCUT2D eigenvalue weighted by Gasteiger charge is 2.79. The minimum Gasteiger partial charge on any atom is -0.497 e. The molecule has 4 fully saturated rings. The summed E-state index contributed by atoms with van der Waals surface area (Å²) < 4.78 is 44.8. The van der Waals surface area contributed by atoms with E-state index in [4.69, 9.17) is 33.2 Å². The molecule has 3 aliphatic carbocycles. The summed E-state index contributed by atoms with van der Waals surface area (Å²) in [6.07, 6.45) is -6.82. The van der Waals surface area contributed by atoms with Gasteiger partial charge < -0.3 is 48.7 Å². The molecule has 2 aliphatic heterocycles. The fraction of sp³-hybridized carbons (Fsp3) is 0.510. The summed E-state index contributed by atoms with van der Waals surface area (Å²) in [5.74, 6) is -3.26. The number of rotatable bonds is 11. The van der Waals surface area contributed by atoms with Crippen LogP contribution in [0.25, 0.3) is 0 Å². The third-order valence-corrected chi connectivity index (χ3v) is 14.7. The molecular weight excluding hydrogens is 811 g/mol. The number of aliphatic hydroxyl groups excluding tert-OH is 1. The molecule has 3 aromatic carbocycles. The lowest BCUT2D eigenvalue weighted by Gasteiger charge is -2.68. The lowest BCUT2D eigenvalue weighted by Crippen LogP contribution is -2.78. The Kier molecular flexibility index (Phi) is 11.6. The summed E-state index contributed by atoms with van der Waals surface area (Å²) in [7, 11) is 1.57. The minimum absolute atomic E-state index is 0.00412. The van der Waals surface area contributed by atoms with Gasteiger partial charge in [-0.05, 0) is 67.7 Å². The number of nitrogens with one attached hydrogen (secondary N) is 1. The molecule has 0 radical (unpaired) electrons. The number of esters is 3. The zero-order valence-corrected chi connectivity index (χ0v) is 36.9. The molecule has 0 bridgehead atoms. The number of hydrogen-bond donors (Lipinski definition) is 3. The average molecular weight is 868 g/mol. The highest BCUT2D eigenvalue weighted by atomic mass is 16.7. The van der Waals surface area contributed by atoms with Crippen molar-refractivity contribution < 1.29 is 62.5 Å². The van der Waals surface area contributed by atoms with Gasteiger partial charge in [0.25, 0.3) is 5.91 Å². The number of aliphatic hydroxyl groups is 2. The average Bonchev–Trinajstić information content (AvgIpc) is 3.52. The van der Waals surface area contributed by atoms with Gasteiger partial charge in [0.1, 0.15) is 24.1 Å². The van der Waals surface area contributed by atoms with Gasteiger partial charge in [0.15, 0.2) is 24.1 Å². The molecule has 3 N–H and O–H groups in total. The van der Waals surface area contributed by atoms with Gasteiger partial charge in [-0.2, -0.15) is 0 Å². The largest absolute Gasteiger partial charge is 0.497 e. The molecule has 63 heavy (non-hydrogen) atoms. The van der Waals surface area contributed by atoms with E-state index in [2.05, 4.69) is 5.32 Å². The van der Waals surface area contributed by atoms with E-state index >= 15 is 0 Å². The van der Waals surface area contributed by atoms with E-state index in [1.165, 1.54) is 13.8 Å². The van der Waals surface area contributed by atoms with Gasteiger partial charge in [-0.1, -0.05) is 74.5 Å². The second-order valence-electron chi connectivity index (χ2n) is 18.5. The summed E-state index contributed by atoms with van der Waals surface area (Å²) >= 11 is 0. The first kappa shape index (κ1) is 44.5. The standard InChI is InChI=1S/C49H57NO13/c1-26-34(60-44(55)39(53)38(30-15-11-9-12-16-30)50-43(54)31-17-13-10-14-18-31)24-48(46(5,6)56)27(2)41-47(7)35(23-36-49(41,25-58-36)63-29(4)52)61-45(32-19-21-33(57-8)22-20-32)62-42(47)40(37(26)48)59-28(3)51/h9-22,27,34-36,38-42,45,53,56H,23-25H2,1-8H3,(H,50,54)/t27-,34-,35-,36+,38-,39+,40-,41-,42-,45?,47+,48+,49-/m0/s1. The van der Waals surface area contributed by atoms with Gasteiger partial charge in [-0.15, -0.1) is 0 Å². The van der Waals surface area contributed by atoms with Crippen LogP contribution < -0.4 is 10.1 Å². The van der Waals surface area contributed by atoms with Gasteiger partial charge >= 0.3 is 17.9 Å². The first-order valence-electron chi connectivity index (χ1n) is 21.5. The van der Waals surface area contributed by atoms with Crippen LogP contribution in [0.3, 0.4) is 0 Å². The van der Waals surface area contributed by atoms with Crippen LogP contribution in [-0.2, 0) is 42.8 Å². The molecule has 2 saturated carbocycles. The van der Waals surface area contributed by atoms with Crippen LogP contribution in [-0.4, -0.2) is 95.6 Å². The summed E-state index contributed by atoms with van der Waals surface area (Å²) in [4.78, 5) is 54.4. The topological polar surface area (TPSA) is 185 Å². The highest BCUT2D eigenvalue weighted by molar-refractivity contribution is 5.95. The first-order valence-corrected chi connectivity index (χ1v) is 21.5. The zero-order valence-electron chi connectivity index (χ0n) is 36.9. The Morgan fingerprint density at radius 1 is 0.889 bits per heavy atom. The lowest BCUT2D eigenvalue weighted by atomic mass is 9.47. The lowest BCUT2D eigenvalue weighted by molar-refractivity contribution is -0.398. The maximum Gasteiger partial charge on any atom is 0.338 e. The Morgan fingerprint density at radius 2 is 1.54 bits per heavy atom. The summed E-state index contributed by atoms with van der Waals surface area (Å²) in [5, 5.41) is 27.5. The van der Waals surface area contributed by atoms with Crippen LogP contribution >= 0.6 is 0 Å². The molecule has 0 aromatic heterocycles. The van der Waals surface area contributed by atoms with Crippen molar-refractivity contribution >= 4 is 23.8 Å². The van der Waals surface area contributed by atoms with Crippen molar-refractivity contribution in [1.29, 1.82) is 0 Å². The van der Waals surface area contributed by atoms with E-state index in [0.717, 1.165) is 0 Å². The van der Waals surface area contributed by atoms with Crippen molar-refractivity contribution in [2.45, 2.75) is 121 Å². The molecule has 2 saturated heterocycles. The Hall–Kier alpha value is -5.12. The van der Waals surface area contributed by atoms with Crippen molar-refractivity contribution in [3.8, 4) is 5.75 Å². The molecule has 3 aromatic rings. The first-order chi connectivity index (χ1) is 29.9. The number of amides is 1. The van der Waals surface area contributed by atoms with Gasteiger partial charge in [-0.3, -0.25) is 14.4 Å². The molecule has 0 spiro atoms. The van der Waals surface area contributed by atoms with Crippen molar-refractivity contribution in [3.05, 3.63) is 113 Å². The van der Waals surface area contributed by atoms with E-state index in [1.807, 2.05) is 26.0 Å². The second kappa shape index (κ2) is 16.5. The third kappa shape index (κ3) is 7.23. The summed E-state index contributed by atoms with van der Waals surface area (Å²) in [6, 6.07) is 23.2. The van der Waals surface area contributed by atoms with Crippen LogP contribution in [0.4, 0.5) is 0 Å². The summed E-state index contributed by atoms with van der Waals surface area (Å²) in [5.41, 5.74) is -2.69. The quantitative estimate of drug-likeness (QED) is 0.121. The SMILES string of the molecule is COc1ccc(C2O[C@H]3C[C@H]4OC[C@@]4(OC(C)=O)[C@H]4[C@H](C)[C@]5(C(C)(C)O)C[C@H](OC(=O)[C@H](O)[C@@H](NC(=O)c6ccccc6)c6ccccc6)C(C)=C5[C@H](OC(C)=O)[C@H](O2)[C@]34C)cc1. The van der Waals surface area contributed by atoms with Crippen molar-refractivity contribution in [2.75, 3.05) is 13.7 Å². The Bertz CT molecular complexity index is 2260. The number of methoxy groups -OCH3 is 1. The minimum atomic E-state index is -1.87. The smallest absolute Gasteiger partial charge is 0.338 e. The maximum atomic E-state index is 14.4. The van der Waals surface area contributed by atoms with E-state index in [1.54, 1.807) is 101 Å². The van der Waals surface area contributed by atoms with Crippen LogP contribution in [0, 0.1) is 22.7 Å². The maximum absolute atomic E-state index is 14.4. The predicted molar refractivity (Wildman–Crippen MR) is 226 cm³/mol. The van der Waals surface area contributed by atoms with Gasteiger partial charge in [0.2, 0.25) is 0 Å². The molecule has 336 valence electrons. The number of carbonyl (C=O) groups is 4. The molecule has 5 aliphatic rings. The van der Waals surface area contributed by atoms with Crippen molar-refractivity contribution in [1.82, 2.24) is 5.32 Å². The normalized spacial score (nSPS) is 34.1. The van der Waals surface area contributed by atoms with Crippen LogP contribution in [0.2, 0.25) is 0 Å². The summed E-state index contributed by atoms with van der Waals surface area (Å²) in [6.45, 7) is 11.9. The van der Waals surface area contributed by atoms with E-state index < -0.39 is 107 Å². The van der Waals surface area contributed by atoms with Crippen molar-refractivity contribution in [2.24, 2.45) is 22.7 Å². The van der Waals surface area contributed by atoms with E-state index in [0.29, 0.717) is 40.0 Å². The molecular formula is C49H57NO13. The Labute approximate surface area is 367 Å². The van der Waals surface area contributed by atoms with Crippen LogP contribution in [0.1, 0.15) is 95.1 Å². The molecule has 13 atom stereocenters. The Morgan fingerprint density at radius 3 is 2.11 bits per heavy atom. The van der Waals surface area contributed by atoms with Gasteiger partial charge in [-0.25, -0.2) is 4.79 Å². The molecule has 1 unspecified atom stereocenters. The van der Waals surface area contributed by atoms with Crippen molar-refractivity contribution in [3.63, 3.8) is 0 Å². The molecule has 14 heteroatoms. The number of hydrogen-bond acceptors (Lipinski definition) is 13. The fourth-order valence-electron chi connectivity index (χ4n) is 12.0. The van der Waals surface area contributed by atoms with Gasteiger partial charge in [0.05, 0.1) is 31.5 Å². The third-order valence-electron chi connectivity index (χ3n) is 14.7. The molecule has 1 amide bonds. The van der Waals surface area contributed by atoms with E-state index in [9.17, 15) is 29.4 Å².